The van der Waals surface area contributed by atoms with Crippen molar-refractivity contribution in [2.45, 2.75) is 70.6 Å². The van der Waals surface area contributed by atoms with Gasteiger partial charge in [-0.2, -0.15) is 18.2 Å². The maximum absolute atomic E-state index is 12.7. The molecule has 1 aromatic heterocycles. The molecule has 0 bridgehead atoms. The predicted octanol–water partition coefficient (Wildman–Crippen LogP) is 2.93. The standard InChI is InChI=1S/C16H25F3N4O2/c1-11(2)23(10-16(17,18)19)13(24)9-20-15(7-5-4-6-8-15)14-21-12(3)25-22-14/h11,20H,4-10H2,1-3H3. The summed E-state index contributed by atoms with van der Waals surface area (Å²) in [5.41, 5.74) is -0.618. The van der Waals surface area contributed by atoms with E-state index in [-0.39, 0.29) is 6.54 Å². The Balaban J connectivity index is 2.10. The molecule has 2 rings (SSSR count). The molecule has 1 amide bonds. The smallest absolute Gasteiger partial charge is 0.340 e. The van der Waals surface area contributed by atoms with Crippen LogP contribution in [0.3, 0.4) is 0 Å². The Morgan fingerprint density at radius 3 is 2.44 bits per heavy atom. The highest BCUT2D eigenvalue weighted by Gasteiger charge is 2.39. The number of halogens is 3. The molecule has 1 aliphatic carbocycles. The minimum atomic E-state index is -4.42. The van der Waals surface area contributed by atoms with Gasteiger partial charge in [0.05, 0.1) is 12.1 Å². The largest absolute Gasteiger partial charge is 0.406 e. The molecule has 0 atom stereocenters. The van der Waals surface area contributed by atoms with Gasteiger partial charge < -0.3 is 9.42 Å². The van der Waals surface area contributed by atoms with Crippen LogP contribution >= 0.6 is 0 Å². The molecule has 0 radical (unpaired) electrons. The fraction of sp³-hybridized carbons (Fsp3) is 0.812. The van der Waals surface area contributed by atoms with Crippen molar-refractivity contribution in [3.8, 4) is 0 Å². The zero-order valence-corrected chi connectivity index (χ0v) is 14.8. The molecular formula is C16H25F3N4O2. The van der Waals surface area contributed by atoms with Gasteiger partial charge in [0.1, 0.15) is 6.54 Å². The van der Waals surface area contributed by atoms with E-state index in [9.17, 15) is 18.0 Å². The molecule has 1 aliphatic rings. The molecule has 1 N–H and O–H groups in total. The van der Waals surface area contributed by atoms with Crippen molar-refractivity contribution in [3.05, 3.63) is 11.7 Å². The van der Waals surface area contributed by atoms with Crippen molar-refractivity contribution in [2.75, 3.05) is 13.1 Å². The Morgan fingerprint density at radius 2 is 1.96 bits per heavy atom. The molecule has 1 fully saturated rings. The highest BCUT2D eigenvalue weighted by atomic mass is 19.4. The number of nitrogens with one attached hydrogen (secondary N) is 1. The summed E-state index contributed by atoms with van der Waals surface area (Å²) in [5.74, 6) is 0.316. The third kappa shape index (κ3) is 5.17. The highest BCUT2D eigenvalue weighted by molar-refractivity contribution is 5.78. The minimum Gasteiger partial charge on any atom is -0.340 e. The number of aromatic nitrogens is 2. The molecular weight excluding hydrogens is 337 g/mol. The predicted molar refractivity (Wildman–Crippen MR) is 84.7 cm³/mol. The van der Waals surface area contributed by atoms with Crippen LogP contribution in [-0.2, 0) is 10.3 Å². The first kappa shape index (κ1) is 19.7. The number of carbonyl (C=O) groups is 1. The summed E-state index contributed by atoms with van der Waals surface area (Å²) in [6.07, 6.45) is -0.0372. The lowest BCUT2D eigenvalue weighted by Gasteiger charge is -2.36. The molecule has 1 aromatic rings. The Labute approximate surface area is 145 Å². The first-order valence-corrected chi connectivity index (χ1v) is 8.55. The molecule has 0 aromatic carbocycles. The van der Waals surface area contributed by atoms with Crippen LogP contribution in [0.15, 0.2) is 4.52 Å². The number of alkyl halides is 3. The second-order valence-corrected chi connectivity index (χ2v) is 6.86. The molecule has 25 heavy (non-hydrogen) atoms. The number of carbonyl (C=O) groups excluding carboxylic acids is 1. The first-order valence-electron chi connectivity index (χ1n) is 8.55. The van der Waals surface area contributed by atoms with Gasteiger partial charge in [-0.05, 0) is 26.7 Å². The first-order chi connectivity index (χ1) is 11.6. The lowest BCUT2D eigenvalue weighted by atomic mass is 9.81. The topological polar surface area (TPSA) is 71.3 Å². The van der Waals surface area contributed by atoms with Crippen LogP contribution in [0.4, 0.5) is 13.2 Å². The van der Waals surface area contributed by atoms with E-state index in [1.807, 2.05) is 0 Å². The van der Waals surface area contributed by atoms with Crippen LogP contribution in [0.5, 0.6) is 0 Å². The molecule has 0 unspecified atom stereocenters. The maximum Gasteiger partial charge on any atom is 0.406 e. The average molecular weight is 362 g/mol. The van der Waals surface area contributed by atoms with Gasteiger partial charge in [-0.15, -0.1) is 0 Å². The summed E-state index contributed by atoms with van der Waals surface area (Å²) in [4.78, 5) is 17.5. The van der Waals surface area contributed by atoms with Gasteiger partial charge in [-0.1, -0.05) is 24.4 Å². The average Bonchev–Trinajstić information content (AvgIpc) is 2.97. The lowest BCUT2D eigenvalue weighted by Crippen LogP contribution is -2.52. The lowest BCUT2D eigenvalue weighted by molar-refractivity contribution is -0.164. The summed E-state index contributed by atoms with van der Waals surface area (Å²) in [6, 6.07) is -0.536. The SMILES string of the molecule is Cc1nc(C2(NCC(=O)N(CC(F)(F)F)C(C)C)CCCCC2)no1. The number of aryl methyl sites for hydroxylation is 1. The maximum atomic E-state index is 12.7. The summed E-state index contributed by atoms with van der Waals surface area (Å²) in [7, 11) is 0. The number of nitrogens with zero attached hydrogens (tertiary/aromatic N) is 3. The van der Waals surface area contributed by atoms with Crippen molar-refractivity contribution in [1.82, 2.24) is 20.4 Å². The Bertz CT molecular complexity index is 580. The van der Waals surface area contributed by atoms with Crippen LogP contribution < -0.4 is 5.32 Å². The normalized spacial score (nSPS) is 17.7. The van der Waals surface area contributed by atoms with E-state index < -0.39 is 30.2 Å². The van der Waals surface area contributed by atoms with Gasteiger partial charge in [0, 0.05) is 13.0 Å². The molecule has 9 heteroatoms. The second kappa shape index (κ2) is 7.72. The van der Waals surface area contributed by atoms with E-state index in [0.717, 1.165) is 37.0 Å². The monoisotopic (exact) mass is 362 g/mol. The van der Waals surface area contributed by atoms with E-state index in [1.165, 1.54) is 0 Å². The Kier molecular flexibility index (Phi) is 6.08. The van der Waals surface area contributed by atoms with Crippen LogP contribution in [0.1, 0.15) is 57.7 Å². The zero-order valence-electron chi connectivity index (χ0n) is 14.8. The van der Waals surface area contributed by atoms with E-state index in [2.05, 4.69) is 15.5 Å². The van der Waals surface area contributed by atoms with Gasteiger partial charge >= 0.3 is 6.18 Å². The summed E-state index contributed by atoms with van der Waals surface area (Å²) in [5, 5.41) is 7.12. The van der Waals surface area contributed by atoms with Gasteiger partial charge in [-0.25, -0.2) is 0 Å². The second-order valence-electron chi connectivity index (χ2n) is 6.86. The van der Waals surface area contributed by atoms with E-state index in [4.69, 9.17) is 4.52 Å². The van der Waals surface area contributed by atoms with Crippen LogP contribution in [0, 0.1) is 6.92 Å². The minimum absolute atomic E-state index is 0.193. The van der Waals surface area contributed by atoms with Crippen LogP contribution in [0.2, 0.25) is 0 Å². The van der Waals surface area contributed by atoms with Crippen molar-refractivity contribution in [1.29, 1.82) is 0 Å². The van der Waals surface area contributed by atoms with Gasteiger partial charge in [0.15, 0.2) is 5.82 Å². The summed E-state index contributed by atoms with van der Waals surface area (Å²) < 4.78 is 43.2. The van der Waals surface area contributed by atoms with Gasteiger partial charge in [-0.3, -0.25) is 10.1 Å². The molecule has 0 spiro atoms. The molecule has 1 heterocycles. The van der Waals surface area contributed by atoms with Crippen LogP contribution in [0.25, 0.3) is 0 Å². The number of amides is 1. The summed E-state index contributed by atoms with van der Waals surface area (Å²) in [6.45, 7) is 3.38. The van der Waals surface area contributed by atoms with Crippen molar-refractivity contribution in [2.24, 2.45) is 0 Å². The number of hydrogen-bond donors (Lipinski definition) is 1. The van der Waals surface area contributed by atoms with Gasteiger partial charge in [0.2, 0.25) is 11.8 Å². The fourth-order valence-electron chi connectivity index (χ4n) is 3.23. The molecule has 0 aliphatic heterocycles. The molecule has 0 saturated heterocycles. The third-order valence-electron chi connectivity index (χ3n) is 4.53. The molecule has 6 nitrogen and oxygen atoms in total. The zero-order chi connectivity index (χ0) is 18.7. The van der Waals surface area contributed by atoms with Crippen molar-refractivity contribution < 1.29 is 22.5 Å². The quantitative estimate of drug-likeness (QED) is 0.842. The number of hydrogen-bond acceptors (Lipinski definition) is 5. The van der Waals surface area contributed by atoms with E-state index in [1.54, 1.807) is 20.8 Å². The molecule has 1 saturated carbocycles. The molecule has 142 valence electrons. The fourth-order valence-corrected chi connectivity index (χ4v) is 3.23. The van der Waals surface area contributed by atoms with Crippen molar-refractivity contribution >= 4 is 5.91 Å². The van der Waals surface area contributed by atoms with E-state index in [0.29, 0.717) is 11.7 Å². The Hall–Kier alpha value is -1.64. The van der Waals surface area contributed by atoms with E-state index >= 15 is 0 Å². The van der Waals surface area contributed by atoms with Crippen molar-refractivity contribution in [3.63, 3.8) is 0 Å². The highest BCUT2D eigenvalue weighted by Crippen LogP contribution is 2.35. The van der Waals surface area contributed by atoms with Crippen LogP contribution in [-0.4, -0.2) is 46.3 Å². The van der Waals surface area contributed by atoms with Gasteiger partial charge in [0.25, 0.3) is 0 Å². The summed E-state index contributed by atoms with van der Waals surface area (Å²) >= 11 is 0. The third-order valence-corrected chi connectivity index (χ3v) is 4.53. The Morgan fingerprint density at radius 1 is 1.32 bits per heavy atom. The number of rotatable bonds is 6.